The maximum atomic E-state index is 6.69. The van der Waals surface area contributed by atoms with Crippen molar-refractivity contribution in [3.8, 4) is 17.3 Å². The highest BCUT2D eigenvalue weighted by molar-refractivity contribution is 9.10. The largest absolute Gasteiger partial charge is 0.457 e. The summed E-state index contributed by atoms with van der Waals surface area (Å²) >= 11 is 3.83. The summed E-state index contributed by atoms with van der Waals surface area (Å²) in [6.45, 7) is 20.2. The van der Waals surface area contributed by atoms with Gasteiger partial charge in [-0.05, 0) is 69.8 Å². The maximum Gasteiger partial charge on any atom is 0.137 e. The Morgan fingerprint density at radius 2 is 1.33 bits per heavy atom. The average molecular weight is 584 g/mol. The lowest BCUT2D eigenvalue weighted by molar-refractivity contribution is 0.453. The summed E-state index contributed by atoms with van der Waals surface area (Å²) in [6, 6.07) is 23.7. The number of nitrogens with zero attached hydrogens (tertiary/aromatic N) is 2. The second-order valence-electron chi connectivity index (χ2n) is 13.6. The molecule has 0 aliphatic rings. The molecule has 202 valence electrons. The summed E-state index contributed by atoms with van der Waals surface area (Å²) in [6.07, 6.45) is 1.92. The number of halogens is 1. The summed E-state index contributed by atoms with van der Waals surface area (Å²) in [5.41, 5.74) is 5.91. The fourth-order valence-corrected chi connectivity index (χ4v) is 6.11. The molecule has 0 fully saturated rings. The molecule has 0 aliphatic carbocycles. The van der Waals surface area contributed by atoms with Gasteiger partial charge < -0.3 is 4.74 Å². The molecule has 0 N–H and O–H groups in total. The molecule has 0 amide bonds. The second-order valence-corrected chi connectivity index (χ2v) is 14.5. The van der Waals surface area contributed by atoms with Gasteiger partial charge in [-0.3, -0.25) is 4.57 Å². The van der Waals surface area contributed by atoms with E-state index in [1.807, 2.05) is 6.20 Å². The van der Waals surface area contributed by atoms with Gasteiger partial charge in [0.25, 0.3) is 0 Å². The van der Waals surface area contributed by atoms with Crippen LogP contribution in [0.2, 0.25) is 0 Å². The van der Waals surface area contributed by atoms with E-state index in [4.69, 9.17) is 9.72 Å². The van der Waals surface area contributed by atoms with Crippen molar-refractivity contribution in [1.29, 1.82) is 0 Å². The van der Waals surface area contributed by atoms with Crippen LogP contribution in [0.3, 0.4) is 0 Å². The van der Waals surface area contributed by atoms with E-state index in [1.54, 1.807) is 0 Å². The fourth-order valence-electron chi connectivity index (χ4n) is 5.20. The molecule has 0 aliphatic heterocycles. The lowest BCUT2D eigenvalue weighted by Crippen LogP contribution is -2.18. The molecule has 0 saturated carbocycles. The number of pyridine rings is 1. The van der Waals surface area contributed by atoms with Gasteiger partial charge in [-0.15, -0.1) is 0 Å². The van der Waals surface area contributed by atoms with E-state index < -0.39 is 0 Å². The van der Waals surface area contributed by atoms with Crippen molar-refractivity contribution in [1.82, 2.24) is 9.55 Å². The lowest BCUT2D eigenvalue weighted by atomic mass is 9.80. The van der Waals surface area contributed by atoms with Gasteiger partial charge >= 0.3 is 0 Å². The minimum atomic E-state index is -0.0770. The number of ether oxygens (including phenoxy) is 1. The van der Waals surface area contributed by atoms with Crippen molar-refractivity contribution in [2.45, 2.75) is 78.6 Å². The molecule has 0 saturated heterocycles. The highest BCUT2D eigenvalue weighted by Crippen LogP contribution is 2.42. The normalized spacial score (nSPS) is 12.9. The Balaban J connectivity index is 1.70. The zero-order chi connectivity index (χ0) is 28.3. The molecule has 0 bridgehead atoms. The number of benzene rings is 3. The first-order chi connectivity index (χ1) is 18.1. The SMILES string of the molecule is CC(C)(C)c1ccnc(-n2c3ccccc3c3ccc(Oc4cc(Br)c(C(C)(C)C)cc4C(C)(C)C)cc32)c1. The van der Waals surface area contributed by atoms with Gasteiger partial charge in [0.15, 0.2) is 0 Å². The van der Waals surface area contributed by atoms with E-state index in [9.17, 15) is 0 Å². The quantitative estimate of drug-likeness (QED) is 0.211. The molecule has 0 spiro atoms. The monoisotopic (exact) mass is 582 g/mol. The van der Waals surface area contributed by atoms with Crippen molar-refractivity contribution in [3.63, 3.8) is 0 Å². The Bertz CT molecular complexity index is 1690. The van der Waals surface area contributed by atoms with Crippen molar-refractivity contribution in [3.05, 3.63) is 94.1 Å². The molecule has 0 unspecified atom stereocenters. The van der Waals surface area contributed by atoms with Crippen LogP contribution < -0.4 is 4.74 Å². The van der Waals surface area contributed by atoms with E-state index >= 15 is 0 Å². The zero-order valence-corrected chi connectivity index (χ0v) is 26.2. The maximum absolute atomic E-state index is 6.69. The van der Waals surface area contributed by atoms with Crippen LogP contribution in [-0.4, -0.2) is 9.55 Å². The van der Waals surface area contributed by atoms with E-state index in [1.165, 1.54) is 27.5 Å². The highest BCUT2D eigenvalue weighted by Gasteiger charge is 2.26. The number of rotatable bonds is 3. The van der Waals surface area contributed by atoms with Gasteiger partial charge in [-0.25, -0.2) is 4.98 Å². The molecule has 3 nitrogen and oxygen atoms in total. The Labute approximate surface area is 241 Å². The van der Waals surface area contributed by atoms with E-state index in [0.29, 0.717) is 0 Å². The van der Waals surface area contributed by atoms with Gasteiger partial charge in [0.05, 0.1) is 11.0 Å². The summed E-state index contributed by atoms with van der Waals surface area (Å²) in [5.74, 6) is 2.59. The summed E-state index contributed by atoms with van der Waals surface area (Å²) < 4.78 is 10.0. The number of hydrogen-bond donors (Lipinski definition) is 0. The van der Waals surface area contributed by atoms with E-state index in [0.717, 1.165) is 32.8 Å². The Morgan fingerprint density at radius 1 is 0.667 bits per heavy atom. The molecular formula is C35H39BrN2O. The predicted octanol–water partition coefficient (Wildman–Crippen LogP) is 10.6. The van der Waals surface area contributed by atoms with Crippen LogP contribution in [0.4, 0.5) is 0 Å². The van der Waals surface area contributed by atoms with Crippen LogP contribution in [0.15, 0.2) is 77.4 Å². The molecule has 3 aromatic carbocycles. The Morgan fingerprint density at radius 3 is 2.00 bits per heavy atom. The Hall–Kier alpha value is -3.11. The summed E-state index contributed by atoms with van der Waals surface area (Å²) in [4.78, 5) is 4.82. The lowest BCUT2D eigenvalue weighted by Gasteiger charge is -2.28. The van der Waals surface area contributed by atoms with Crippen LogP contribution in [0.25, 0.3) is 27.6 Å². The van der Waals surface area contributed by atoms with Crippen LogP contribution in [0.5, 0.6) is 11.5 Å². The first kappa shape index (κ1) is 27.5. The Kier molecular flexibility index (Phi) is 6.70. The van der Waals surface area contributed by atoms with Crippen LogP contribution in [0, 0.1) is 0 Å². The first-order valence-electron chi connectivity index (χ1n) is 13.7. The highest BCUT2D eigenvalue weighted by atomic mass is 79.9. The van der Waals surface area contributed by atoms with Gasteiger partial charge in [0.1, 0.15) is 17.3 Å². The smallest absolute Gasteiger partial charge is 0.137 e. The molecule has 2 heterocycles. The van der Waals surface area contributed by atoms with Crippen molar-refractivity contribution < 1.29 is 4.74 Å². The van der Waals surface area contributed by atoms with Gasteiger partial charge in [0, 0.05) is 33.1 Å². The fraction of sp³-hybridized carbons (Fsp3) is 0.343. The van der Waals surface area contributed by atoms with Gasteiger partial charge in [-0.1, -0.05) is 96.4 Å². The van der Waals surface area contributed by atoms with Crippen LogP contribution >= 0.6 is 15.9 Å². The molecule has 2 aromatic heterocycles. The molecule has 5 rings (SSSR count). The minimum Gasteiger partial charge on any atom is -0.457 e. The standard InChI is InChI=1S/C35H39BrN2O/c1-33(2,3)22-16-17-37-32(18-22)38-29-13-11-10-12-24(29)25-15-14-23(19-30(25)38)39-31-21-28(36)26(34(4,5)6)20-27(31)35(7,8)9/h10-21H,1-9H3. The van der Waals surface area contributed by atoms with Crippen molar-refractivity contribution in [2.75, 3.05) is 0 Å². The average Bonchev–Trinajstić information content (AvgIpc) is 3.15. The third-order valence-electron chi connectivity index (χ3n) is 7.40. The van der Waals surface area contributed by atoms with Crippen LogP contribution in [0.1, 0.15) is 79.0 Å². The number of fused-ring (bicyclic) bond motifs is 3. The third kappa shape index (κ3) is 5.24. The van der Waals surface area contributed by atoms with Gasteiger partial charge in [0.2, 0.25) is 0 Å². The summed E-state index contributed by atoms with van der Waals surface area (Å²) in [7, 11) is 0. The molecule has 5 aromatic rings. The molecule has 0 radical (unpaired) electrons. The van der Waals surface area contributed by atoms with Crippen molar-refractivity contribution >= 4 is 37.7 Å². The molecule has 0 atom stereocenters. The first-order valence-corrected chi connectivity index (χ1v) is 14.5. The minimum absolute atomic E-state index is 0.0196. The van der Waals surface area contributed by atoms with Crippen molar-refractivity contribution in [2.24, 2.45) is 0 Å². The molecule has 4 heteroatoms. The number of para-hydroxylation sites is 1. The van der Waals surface area contributed by atoms with Gasteiger partial charge in [-0.2, -0.15) is 0 Å². The topological polar surface area (TPSA) is 27.1 Å². The van der Waals surface area contributed by atoms with E-state index in [-0.39, 0.29) is 16.2 Å². The molecular weight excluding hydrogens is 544 g/mol. The number of aromatic nitrogens is 2. The van der Waals surface area contributed by atoms with Crippen LogP contribution in [-0.2, 0) is 16.2 Å². The summed E-state index contributed by atoms with van der Waals surface area (Å²) in [5, 5.41) is 2.39. The third-order valence-corrected chi connectivity index (χ3v) is 8.06. The zero-order valence-electron chi connectivity index (χ0n) is 24.6. The second kappa shape index (κ2) is 9.52. The number of hydrogen-bond acceptors (Lipinski definition) is 2. The molecule has 39 heavy (non-hydrogen) atoms. The predicted molar refractivity (Wildman–Crippen MR) is 169 cm³/mol. The van der Waals surface area contributed by atoms with E-state index in [2.05, 4.69) is 150 Å².